The molecule has 4 nitrogen and oxygen atoms in total. The van der Waals surface area contributed by atoms with Crippen molar-refractivity contribution in [1.29, 1.82) is 0 Å². The largest absolute Gasteiger partial charge is 0.478 e. The molecule has 0 aromatic heterocycles. The van der Waals surface area contributed by atoms with Gasteiger partial charge in [0, 0.05) is 34.8 Å². The predicted octanol–water partition coefficient (Wildman–Crippen LogP) is 3.13. The van der Waals surface area contributed by atoms with Crippen LogP contribution < -0.4 is 0 Å². The first-order valence-electron chi connectivity index (χ1n) is 7.28. The van der Waals surface area contributed by atoms with Crippen molar-refractivity contribution in [3.63, 3.8) is 0 Å². The van der Waals surface area contributed by atoms with Crippen molar-refractivity contribution in [2.24, 2.45) is 0 Å². The van der Waals surface area contributed by atoms with Crippen LogP contribution in [0.1, 0.15) is 31.9 Å². The standard InChI is InChI=1S/C19H18O4/c1-11-12(2)19(23)16(13(3)18(11)22)10-15-6-4-14(5-7-15)8-9-17(20)21/h4-9H,10H2,1-3H3,(H,20,21)/b9-8+. The number of hydrogen-bond acceptors (Lipinski definition) is 3. The van der Waals surface area contributed by atoms with Crippen LogP contribution in [0.15, 0.2) is 52.6 Å². The highest BCUT2D eigenvalue weighted by Gasteiger charge is 2.27. The molecule has 1 aromatic rings. The molecule has 118 valence electrons. The van der Waals surface area contributed by atoms with Gasteiger partial charge >= 0.3 is 5.97 Å². The maximum absolute atomic E-state index is 12.4. The third-order valence-corrected chi connectivity index (χ3v) is 4.09. The molecule has 0 saturated heterocycles. The fourth-order valence-corrected chi connectivity index (χ4v) is 2.49. The average molecular weight is 310 g/mol. The number of rotatable bonds is 4. The fraction of sp³-hybridized carbons (Fsp3) is 0.211. The summed E-state index contributed by atoms with van der Waals surface area (Å²) in [4.78, 5) is 35.0. The summed E-state index contributed by atoms with van der Waals surface area (Å²) in [5, 5.41) is 8.61. The SMILES string of the molecule is CC1=C(C)C(=O)C(Cc2ccc(/C=C/C(=O)O)cc2)=C(C)C1=O. The van der Waals surface area contributed by atoms with Crippen LogP contribution in [0.4, 0.5) is 0 Å². The summed E-state index contributed by atoms with van der Waals surface area (Å²) < 4.78 is 0. The van der Waals surface area contributed by atoms with Crippen molar-refractivity contribution >= 4 is 23.6 Å². The summed E-state index contributed by atoms with van der Waals surface area (Å²) in [5.41, 5.74) is 3.74. The first-order valence-corrected chi connectivity index (χ1v) is 7.28. The van der Waals surface area contributed by atoms with E-state index in [0.717, 1.165) is 17.2 Å². The van der Waals surface area contributed by atoms with E-state index in [-0.39, 0.29) is 11.6 Å². The molecule has 0 heterocycles. The van der Waals surface area contributed by atoms with Crippen LogP contribution in [-0.2, 0) is 20.8 Å². The second-order valence-corrected chi connectivity index (χ2v) is 5.60. The predicted molar refractivity (Wildman–Crippen MR) is 87.9 cm³/mol. The minimum absolute atomic E-state index is 0.0712. The summed E-state index contributed by atoms with van der Waals surface area (Å²) in [5.74, 6) is -1.15. The van der Waals surface area contributed by atoms with E-state index in [1.54, 1.807) is 32.9 Å². The Hall–Kier alpha value is -2.75. The Morgan fingerprint density at radius 3 is 2.09 bits per heavy atom. The molecule has 0 spiro atoms. The van der Waals surface area contributed by atoms with Crippen molar-refractivity contribution in [2.45, 2.75) is 27.2 Å². The molecule has 0 fully saturated rings. The quantitative estimate of drug-likeness (QED) is 0.685. The van der Waals surface area contributed by atoms with Crippen molar-refractivity contribution in [2.75, 3.05) is 0 Å². The Balaban J connectivity index is 2.24. The van der Waals surface area contributed by atoms with Crippen LogP contribution in [0, 0.1) is 0 Å². The van der Waals surface area contributed by atoms with Crippen LogP contribution in [-0.4, -0.2) is 22.6 Å². The summed E-state index contributed by atoms with van der Waals surface area (Å²) in [6.45, 7) is 5.05. The topological polar surface area (TPSA) is 71.4 Å². The normalized spacial score (nSPS) is 15.8. The smallest absolute Gasteiger partial charge is 0.328 e. The number of carbonyl (C=O) groups is 3. The Labute approximate surface area is 134 Å². The lowest BCUT2D eigenvalue weighted by atomic mass is 9.83. The molecule has 1 N–H and O–H groups in total. The molecule has 0 amide bonds. The maximum Gasteiger partial charge on any atom is 0.328 e. The first-order chi connectivity index (χ1) is 10.8. The molecule has 2 rings (SSSR count). The van der Waals surface area contributed by atoms with Gasteiger partial charge in [0.05, 0.1) is 0 Å². The maximum atomic E-state index is 12.4. The van der Waals surface area contributed by atoms with E-state index < -0.39 is 5.97 Å². The molecule has 0 atom stereocenters. The zero-order valence-electron chi connectivity index (χ0n) is 13.3. The van der Waals surface area contributed by atoms with Gasteiger partial charge in [0.1, 0.15) is 0 Å². The van der Waals surface area contributed by atoms with Gasteiger partial charge in [-0.15, -0.1) is 0 Å². The summed E-state index contributed by atoms with van der Waals surface area (Å²) >= 11 is 0. The van der Waals surface area contributed by atoms with Crippen LogP contribution in [0.5, 0.6) is 0 Å². The Morgan fingerprint density at radius 2 is 1.52 bits per heavy atom. The van der Waals surface area contributed by atoms with Gasteiger partial charge in [0.15, 0.2) is 11.6 Å². The molecule has 0 unspecified atom stereocenters. The van der Waals surface area contributed by atoms with E-state index in [4.69, 9.17) is 5.11 Å². The Morgan fingerprint density at radius 1 is 0.957 bits per heavy atom. The van der Waals surface area contributed by atoms with Crippen LogP contribution in [0.3, 0.4) is 0 Å². The molecule has 4 heteroatoms. The molecular formula is C19H18O4. The zero-order chi connectivity index (χ0) is 17.1. The molecular weight excluding hydrogens is 292 g/mol. The van der Waals surface area contributed by atoms with Crippen LogP contribution >= 0.6 is 0 Å². The molecule has 23 heavy (non-hydrogen) atoms. The highest BCUT2D eigenvalue weighted by Crippen LogP contribution is 2.26. The van der Waals surface area contributed by atoms with Gasteiger partial charge in [0.25, 0.3) is 0 Å². The third-order valence-electron chi connectivity index (χ3n) is 4.09. The van der Waals surface area contributed by atoms with Gasteiger partial charge in [0.2, 0.25) is 0 Å². The number of ketones is 2. The second-order valence-electron chi connectivity index (χ2n) is 5.60. The molecule has 0 bridgehead atoms. The van der Waals surface area contributed by atoms with Crippen molar-refractivity contribution < 1.29 is 19.5 Å². The van der Waals surface area contributed by atoms with Gasteiger partial charge in [-0.3, -0.25) is 9.59 Å². The van der Waals surface area contributed by atoms with Crippen molar-refractivity contribution in [3.05, 3.63) is 63.8 Å². The third kappa shape index (κ3) is 3.54. The molecule has 0 radical (unpaired) electrons. The Kier molecular flexibility index (Phi) is 4.74. The molecule has 1 aliphatic carbocycles. The number of benzene rings is 1. The molecule has 1 aliphatic rings. The lowest BCUT2D eigenvalue weighted by Crippen LogP contribution is -2.21. The van der Waals surface area contributed by atoms with E-state index in [9.17, 15) is 14.4 Å². The molecule has 0 aliphatic heterocycles. The van der Waals surface area contributed by atoms with E-state index in [1.165, 1.54) is 6.08 Å². The summed E-state index contributed by atoms with van der Waals surface area (Å²) in [7, 11) is 0. The number of allylic oxidation sites excluding steroid dienone is 4. The zero-order valence-corrected chi connectivity index (χ0v) is 13.3. The first kappa shape index (κ1) is 16.6. The van der Waals surface area contributed by atoms with E-state index >= 15 is 0 Å². The number of hydrogen-bond donors (Lipinski definition) is 1. The number of carboxylic acid groups (broad SMARTS) is 1. The van der Waals surface area contributed by atoms with Crippen LogP contribution in [0.25, 0.3) is 6.08 Å². The van der Waals surface area contributed by atoms with Crippen LogP contribution in [0.2, 0.25) is 0 Å². The Bertz CT molecular complexity index is 774. The summed E-state index contributed by atoms with van der Waals surface area (Å²) in [6.07, 6.45) is 2.97. The van der Waals surface area contributed by atoms with Crippen molar-refractivity contribution in [3.8, 4) is 0 Å². The van der Waals surface area contributed by atoms with E-state index in [2.05, 4.69) is 0 Å². The number of carboxylic acids is 1. The number of Topliss-reactive ketones (excluding diaryl/α,β-unsaturated/α-hetero) is 2. The fourth-order valence-electron chi connectivity index (χ4n) is 2.49. The van der Waals surface area contributed by atoms with E-state index in [1.807, 2.05) is 12.1 Å². The van der Waals surface area contributed by atoms with Gasteiger partial charge in [-0.25, -0.2) is 4.79 Å². The monoisotopic (exact) mass is 310 g/mol. The van der Waals surface area contributed by atoms with Gasteiger partial charge in [-0.1, -0.05) is 24.3 Å². The number of aliphatic carboxylic acids is 1. The lowest BCUT2D eigenvalue weighted by molar-refractivity contribution is -0.131. The average Bonchev–Trinajstić information content (AvgIpc) is 2.54. The van der Waals surface area contributed by atoms with Gasteiger partial charge < -0.3 is 5.11 Å². The lowest BCUT2D eigenvalue weighted by Gasteiger charge is -2.18. The number of carbonyl (C=O) groups excluding carboxylic acids is 2. The minimum Gasteiger partial charge on any atom is -0.478 e. The highest BCUT2D eigenvalue weighted by molar-refractivity contribution is 6.24. The van der Waals surface area contributed by atoms with E-state index in [0.29, 0.717) is 28.7 Å². The summed E-state index contributed by atoms with van der Waals surface area (Å²) in [6, 6.07) is 7.24. The van der Waals surface area contributed by atoms with Crippen molar-refractivity contribution in [1.82, 2.24) is 0 Å². The highest BCUT2D eigenvalue weighted by atomic mass is 16.4. The molecule has 0 saturated carbocycles. The molecule has 1 aromatic carbocycles. The van der Waals surface area contributed by atoms with Gasteiger partial charge in [-0.2, -0.15) is 0 Å². The second kappa shape index (κ2) is 6.57. The minimum atomic E-state index is -1.00. The van der Waals surface area contributed by atoms with Gasteiger partial charge in [-0.05, 0) is 38.0 Å².